The third-order valence-corrected chi connectivity index (χ3v) is 4.48. The molecule has 2 aliphatic heterocycles. The number of aliphatic hydroxyl groups excluding tert-OH is 1. The molecule has 5 atom stereocenters. The van der Waals surface area contributed by atoms with Gasteiger partial charge in [-0.25, -0.2) is 4.79 Å². The van der Waals surface area contributed by atoms with Gasteiger partial charge in [0.25, 0.3) is 0 Å². The van der Waals surface area contributed by atoms with Crippen molar-refractivity contribution in [3.63, 3.8) is 0 Å². The molecule has 1 unspecified atom stereocenters. The van der Waals surface area contributed by atoms with Crippen LogP contribution in [0.15, 0.2) is 0 Å². The average molecular weight is 341 g/mol. The molecule has 8 heteroatoms. The first kappa shape index (κ1) is 18.4. The molecule has 0 saturated carbocycles. The number of β-lactam (4-membered cyclic amide) rings is 1. The van der Waals surface area contributed by atoms with E-state index >= 15 is 0 Å². The Morgan fingerprint density at radius 1 is 1.25 bits per heavy atom. The fourth-order valence-corrected chi connectivity index (χ4v) is 3.12. The van der Waals surface area contributed by atoms with Crippen molar-refractivity contribution in [3.05, 3.63) is 0 Å². The molecule has 134 valence electrons. The van der Waals surface area contributed by atoms with Gasteiger partial charge in [-0.2, -0.15) is 0 Å². The van der Waals surface area contributed by atoms with Gasteiger partial charge in [-0.3, -0.25) is 14.4 Å². The maximum absolute atomic E-state index is 12.3. The lowest BCUT2D eigenvalue weighted by molar-refractivity contribution is -0.183. The van der Waals surface area contributed by atoms with Gasteiger partial charge >= 0.3 is 11.9 Å². The van der Waals surface area contributed by atoms with Crippen LogP contribution >= 0.6 is 0 Å². The van der Waals surface area contributed by atoms with E-state index in [0.29, 0.717) is 0 Å². The molecule has 2 aliphatic rings. The number of hydrogen-bond acceptors (Lipinski definition) is 7. The smallest absolute Gasteiger partial charge is 0.339 e. The Hall–Kier alpha value is -1.96. The molecular weight excluding hydrogens is 318 g/mol. The SMILES string of the molecule is C[C@@H](O)[C@H]1C(=O)N2C(C(=O)OCOC(=O)C(C)(C)C)C(=O)[C@H](C)[C@H]12. The number of ether oxygens (including phenoxy) is 2. The lowest BCUT2D eigenvalue weighted by Gasteiger charge is -2.46. The molecular formula is C16H23NO7. The van der Waals surface area contributed by atoms with Gasteiger partial charge in [0.1, 0.15) is 0 Å². The molecule has 1 N–H and O–H groups in total. The third-order valence-electron chi connectivity index (χ3n) is 4.48. The van der Waals surface area contributed by atoms with Crippen LogP contribution in [-0.4, -0.2) is 58.6 Å². The summed E-state index contributed by atoms with van der Waals surface area (Å²) in [5.41, 5.74) is -0.743. The summed E-state index contributed by atoms with van der Waals surface area (Å²) in [7, 11) is 0. The fraction of sp³-hybridized carbons (Fsp3) is 0.750. The molecule has 2 saturated heterocycles. The zero-order chi connectivity index (χ0) is 18.4. The van der Waals surface area contributed by atoms with Crippen molar-refractivity contribution < 1.29 is 33.8 Å². The zero-order valence-electron chi connectivity index (χ0n) is 14.4. The molecule has 2 heterocycles. The van der Waals surface area contributed by atoms with Gasteiger partial charge in [-0.15, -0.1) is 0 Å². The van der Waals surface area contributed by atoms with E-state index in [1.54, 1.807) is 27.7 Å². The number of fused-ring (bicyclic) bond motifs is 1. The van der Waals surface area contributed by atoms with Crippen molar-refractivity contribution in [1.29, 1.82) is 0 Å². The summed E-state index contributed by atoms with van der Waals surface area (Å²) in [6.07, 6.45) is -0.892. The van der Waals surface area contributed by atoms with Crippen LogP contribution in [0.4, 0.5) is 0 Å². The van der Waals surface area contributed by atoms with Gasteiger partial charge < -0.3 is 19.5 Å². The number of nitrogens with zero attached hydrogens (tertiary/aromatic N) is 1. The van der Waals surface area contributed by atoms with Gasteiger partial charge in [-0.05, 0) is 27.7 Å². The Bertz CT molecular complexity index is 577. The molecule has 0 radical (unpaired) electrons. The minimum absolute atomic E-state index is 0.427. The van der Waals surface area contributed by atoms with Crippen molar-refractivity contribution in [3.8, 4) is 0 Å². The number of carbonyl (C=O) groups is 4. The van der Waals surface area contributed by atoms with E-state index in [2.05, 4.69) is 0 Å². The second-order valence-electron chi connectivity index (χ2n) is 7.36. The van der Waals surface area contributed by atoms with E-state index in [1.165, 1.54) is 6.92 Å². The number of Topliss-reactive ketones (excluding diaryl/α,β-unsaturated/α-hetero) is 1. The second-order valence-corrected chi connectivity index (χ2v) is 7.36. The molecule has 0 aromatic carbocycles. The predicted octanol–water partition coefficient (Wildman–Crippen LogP) is -0.128. The molecule has 24 heavy (non-hydrogen) atoms. The van der Waals surface area contributed by atoms with Crippen molar-refractivity contribution in [2.75, 3.05) is 6.79 Å². The van der Waals surface area contributed by atoms with Gasteiger partial charge in [-0.1, -0.05) is 6.92 Å². The summed E-state index contributed by atoms with van der Waals surface area (Å²) in [6.45, 7) is 7.44. The van der Waals surface area contributed by atoms with Crippen molar-refractivity contribution >= 4 is 23.6 Å². The Labute approximate surface area is 140 Å². The van der Waals surface area contributed by atoms with Crippen molar-refractivity contribution in [2.45, 2.75) is 52.8 Å². The van der Waals surface area contributed by atoms with E-state index in [4.69, 9.17) is 9.47 Å². The number of amides is 1. The highest BCUT2D eigenvalue weighted by Crippen LogP contribution is 2.43. The van der Waals surface area contributed by atoms with Crippen LogP contribution in [0, 0.1) is 17.3 Å². The first-order chi connectivity index (χ1) is 11.0. The number of rotatable bonds is 4. The fourth-order valence-electron chi connectivity index (χ4n) is 3.12. The van der Waals surface area contributed by atoms with Gasteiger partial charge in [0.05, 0.1) is 23.5 Å². The molecule has 2 fully saturated rings. The lowest BCUT2D eigenvalue weighted by atomic mass is 9.79. The number of aliphatic hydroxyl groups is 1. The highest BCUT2D eigenvalue weighted by molar-refractivity contribution is 6.12. The maximum atomic E-state index is 12.3. The van der Waals surface area contributed by atoms with Gasteiger partial charge in [0.15, 0.2) is 11.8 Å². The lowest BCUT2D eigenvalue weighted by Crippen LogP contribution is -2.65. The zero-order valence-corrected chi connectivity index (χ0v) is 14.4. The standard InChI is InChI=1S/C16H23NO7/c1-7-10-9(8(2)18)13(20)17(10)11(12(7)19)14(21)23-6-24-15(22)16(3,4)5/h7-11,18H,6H2,1-5H3/t7-,8-,9-,10-,11?/m1/s1. The summed E-state index contributed by atoms with van der Waals surface area (Å²) in [5, 5.41) is 9.66. The Morgan fingerprint density at radius 2 is 1.83 bits per heavy atom. The van der Waals surface area contributed by atoms with Crippen LogP contribution in [0.1, 0.15) is 34.6 Å². The van der Waals surface area contributed by atoms with Crippen LogP contribution in [0.2, 0.25) is 0 Å². The minimum atomic E-state index is -1.33. The third kappa shape index (κ3) is 2.90. The van der Waals surface area contributed by atoms with Gasteiger partial charge in [0, 0.05) is 5.92 Å². The summed E-state index contributed by atoms with van der Waals surface area (Å²) in [6, 6.07) is -1.83. The molecule has 2 rings (SSSR count). The topological polar surface area (TPSA) is 110 Å². The monoisotopic (exact) mass is 341 g/mol. The number of ketones is 1. The molecule has 8 nitrogen and oxygen atoms in total. The number of esters is 2. The number of hydrogen-bond donors (Lipinski definition) is 1. The molecule has 0 aliphatic carbocycles. The average Bonchev–Trinajstić information content (AvgIpc) is 2.67. The van der Waals surface area contributed by atoms with Crippen LogP contribution in [0.3, 0.4) is 0 Å². The summed E-state index contributed by atoms with van der Waals surface area (Å²) in [5.74, 6) is -3.58. The quantitative estimate of drug-likeness (QED) is 0.328. The van der Waals surface area contributed by atoms with E-state index < -0.39 is 65.9 Å². The summed E-state index contributed by atoms with van der Waals surface area (Å²) in [4.78, 5) is 49.3. The van der Waals surface area contributed by atoms with Crippen molar-refractivity contribution in [2.24, 2.45) is 17.3 Å². The molecule has 0 spiro atoms. The second kappa shape index (κ2) is 6.16. The van der Waals surface area contributed by atoms with Crippen LogP contribution in [-0.2, 0) is 28.7 Å². The summed E-state index contributed by atoms with van der Waals surface area (Å²) < 4.78 is 9.68. The Kier molecular flexibility index (Phi) is 4.72. The normalized spacial score (nSPS) is 30.5. The van der Waals surface area contributed by atoms with E-state index in [9.17, 15) is 24.3 Å². The van der Waals surface area contributed by atoms with Gasteiger partial charge in [0.2, 0.25) is 12.7 Å². The predicted molar refractivity (Wildman–Crippen MR) is 80.3 cm³/mol. The Balaban J connectivity index is 1.99. The number of carbonyl (C=O) groups excluding carboxylic acids is 4. The van der Waals surface area contributed by atoms with Crippen LogP contribution < -0.4 is 0 Å². The molecule has 0 aromatic rings. The van der Waals surface area contributed by atoms with E-state index in [0.717, 1.165) is 4.90 Å². The highest BCUT2D eigenvalue weighted by Gasteiger charge is 2.64. The summed E-state index contributed by atoms with van der Waals surface area (Å²) >= 11 is 0. The van der Waals surface area contributed by atoms with Crippen molar-refractivity contribution in [1.82, 2.24) is 4.90 Å². The Morgan fingerprint density at radius 3 is 2.33 bits per heavy atom. The molecule has 0 bridgehead atoms. The minimum Gasteiger partial charge on any atom is -0.427 e. The maximum Gasteiger partial charge on any atom is 0.339 e. The first-order valence-corrected chi connectivity index (χ1v) is 7.86. The van der Waals surface area contributed by atoms with E-state index in [1.807, 2.05) is 0 Å². The molecule has 1 amide bonds. The largest absolute Gasteiger partial charge is 0.427 e. The highest BCUT2D eigenvalue weighted by atomic mass is 16.7. The first-order valence-electron chi connectivity index (χ1n) is 7.86. The molecule has 0 aromatic heterocycles. The van der Waals surface area contributed by atoms with E-state index in [-0.39, 0.29) is 0 Å². The van der Waals surface area contributed by atoms with Crippen LogP contribution in [0.25, 0.3) is 0 Å². The van der Waals surface area contributed by atoms with Crippen LogP contribution in [0.5, 0.6) is 0 Å².